The molecule has 3 N–H and O–H groups in total. The maximum Gasteiger partial charge on any atom is 0.158 e. The van der Waals surface area contributed by atoms with Crippen LogP contribution in [0.1, 0.15) is 0 Å². The predicted molar refractivity (Wildman–Crippen MR) is 102 cm³/mol. The number of rotatable bonds is 5. The van der Waals surface area contributed by atoms with Gasteiger partial charge in [-0.15, -0.1) is 0 Å². The monoisotopic (exact) mass is 345 g/mol. The van der Waals surface area contributed by atoms with Gasteiger partial charge >= 0.3 is 0 Å². The van der Waals surface area contributed by atoms with Gasteiger partial charge in [-0.2, -0.15) is 5.10 Å². The average molecular weight is 345 g/mol. The Balaban J connectivity index is 1.83. The Labute approximate surface area is 149 Å². The van der Waals surface area contributed by atoms with Crippen molar-refractivity contribution in [3.63, 3.8) is 0 Å². The van der Waals surface area contributed by atoms with Gasteiger partial charge in [0.1, 0.15) is 11.5 Å². The van der Waals surface area contributed by atoms with E-state index in [1.165, 1.54) is 12.1 Å². The van der Waals surface area contributed by atoms with Crippen molar-refractivity contribution < 1.29 is 4.39 Å². The van der Waals surface area contributed by atoms with Crippen LogP contribution in [0.5, 0.6) is 0 Å². The molecule has 0 fully saturated rings. The van der Waals surface area contributed by atoms with E-state index in [0.717, 1.165) is 27.8 Å². The third-order valence-electron chi connectivity index (χ3n) is 4.07. The van der Waals surface area contributed by atoms with Crippen molar-refractivity contribution in [1.82, 2.24) is 20.2 Å². The van der Waals surface area contributed by atoms with Gasteiger partial charge in [0.15, 0.2) is 5.82 Å². The van der Waals surface area contributed by atoms with Crippen LogP contribution in [0.25, 0.3) is 33.7 Å². The van der Waals surface area contributed by atoms with Gasteiger partial charge in [0.05, 0.1) is 22.9 Å². The molecule has 0 unspecified atom stereocenters. The van der Waals surface area contributed by atoms with Crippen molar-refractivity contribution in [3.05, 3.63) is 79.4 Å². The first-order chi connectivity index (χ1) is 12.7. The second-order valence-electron chi connectivity index (χ2n) is 5.81. The number of aromatic amines is 2. The minimum atomic E-state index is -0.279. The maximum absolute atomic E-state index is 13.6. The normalized spacial score (nSPS) is 10.8. The van der Waals surface area contributed by atoms with Crippen LogP contribution in [0.4, 0.5) is 10.1 Å². The molecule has 5 nitrogen and oxygen atoms in total. The summed E-state index contributed by atoms with van der Waals surface area (Å²) in [5, 5.41) is 10.1. The lowest BCUT2D eigenvalue weighted by Gasteiger charge is -2.04. The molecule has 0 bridgehead atoms. The number of fused-ring (bicyclic) bond motifs is 1. The largest absolute Gasteiger partial charge is 0.353 e. The molecule has 0 saturated heterocycles. The highest BCUT2D eigenvalue weighted by atomic mass is 19.1. The minimum absolute atomic E-state index is 0.279. The van der Waals surface area contributed by atoms with Crippen molar-refractivity contribution >= 4 is 16.7 Å². The Hall–Kier alpha value is -3.67. The second-order valence-corrected chi connectivity index (χ2v) is 5.81. The van der Waals surface area contributed by atoms with Crippen LogP contribution in [-0.4, -0.2) is 20.2 Å². The van der Waals surface area contributed by atoms with E-state index < -0.39 is 0 Å². The molecule has 128 valence electrons. The zero-order valence-corrected chi connectivity index (χ0v) is 13.9. The summed E-state index contributed by atoms with van der Waals surface area (Å²) in [6.07, 6.45) is 3.28. The fraction of sp³-hybridized carbons (Fsp3) is 0. The molecule has 4 aromatic rings. The third-order valence-corrected chi connectivity index (χ3v) is 4.07. The SMILES string of the molecule is C=CC(=C)Nc1cn[nH]c1-c1nc2c(-c3cccc(F)c3)cccc2[nH]1. The molecular weight excluding hydrogens is 329 g/mol. The van der Waals surface area contributed by atoms with Crippen LogP contribution in [0.3, 0.4) is 0 Å². The number of anilines is 1. The number of H-pyrrole nitrogens is 2. The first-order valence-corrected chi connectivity index (χ1v) is 8.02. The number of nitrogens with one attached hydrogen (secondary N) is 3. The second kappa shape index (κ2) is 6.33. The Morgan fingerprint density at radius 1 is 1.19 bits per heavy atom. The summed E-state index contributed by atoms with van der Waals surface area (Å²) in [6.45, 7) is 7.53. The van der Waals surface area contributed by atoms with Crippen molar-refractivity contribution in [2.24, 2.45) is 0 Å². The van der Waals surface area contributed by atoms with E-state index in [-0.39, 0.29) is 5.82 Å². The van der Waals surface area contributed by atoms with Gasteiger partial charge < -0.3 is 10.3 Å². The fourth-order valence-corrected chi connectivity index (χ4v) is 2.82. The van der Waals surface area contributed by atoms with E-state index >= 15 is 0 Å². The summed E-state index contributed by atoms with van der Waals surface area (Å²) in [4.78, 5) is 7.99. The molecule has 2 heterocycles. The standard InChI is InChI=1S/C20H16FN5/c1-3-12(2)23-17-11-22-26-19(17)20-24-16-9-5-8-15(18(16)25-20)13-6-4-7-14(21)10-13/h3-11,23H,1-2H2,(H,22,26)(H,24,25). The van der Waals surface area contributed by atoms with E-state index in [1.807, 2.05) is 24.3 Å². The van der Waals surface area contributed by atoms with Crippen LogP contribution >= 0.6 is 0 Å². The molecule has 0 saturated carbocycles. The number of para-hydroxylation sites is 1. The van der Waals surface area contributed by atoms with Crippen LogP contribution in [0.2, 0.25) is 0 Å². The first kappa shape index (κ1) is 15.8. The molecule has 0 radical (unpaired) electrons. The van der Waals surface area contributed by atoms with Gasteiger partial charge in [-0.1, -0.05) is 37.4 Å². The van der Waals surface area contributed by atoms with Crippen molar-refractivity contribution in [1.29, 1.82) is 0 Å². The Bertz CT molecular complexity index is 1120. The number of halogens is 1. The molecule has 6 heteroatoms. The smallest absolute Gasteiger partial charge is 0.158 e. The van der Waals surface area contributed by atoms with Crippen LogP contribution in [0.15, 0.2) is 73.6 Å². The summed E-state index contributed by atoms with van der Waals surface area (Å²) in [5.41, 5.74) is 5.34. The number of imidazole rings is 1. The lowest BCUT2D eigenvalue weighted by atomic mass is 10.0. The Morgan fingerprint density at radius 2 is 2.04 bits per heavy atom. The van der Waals surface area contributed by atoms with Gasteiger partial charge in [-0.05, 0) is 29.8 Å². The number of nitrogens with zero attached hydrogens (tertiary/aromatic N) is 2. The van der Waals surface area contributed by atoms with Crippen molar-refractivity contribution in [3.8, 4) is 22.6 Å². The van der Waals surface area contributed by atoms with Gasteiger partial charge in [0, 0.05) is 11.3 Å². The quantitative estimate of drug-likeness (QED) is 0.452. The molecule has 0 atom stereocenters. The number of hydrogen-bond acceptors (Lipinski definition) is 3. The molecule has 4 rings (SSSR count). The molecule has 0 amide bonds. The van der Waals surface area contributed by atoms with E-state index in [4.69, 9.17) is 4.98 Å². The van der Waals surface area contributed by atoms with Gasteiger partial charge in [0.25, 0.3) is 0 Å². The summed E-state index contributed by atoms with van der Waals surface area (Å²) >= 11 is 0. The summed E-state index contributed by atoms with van der Waals surface area (Å²) in [6, 6.07) is 12.2. The number of aromatic nitrogens is 4. The summed E-state index contributed by atoms with van der Waals surface area (Å²) in [7, 11) is 0. The van der Waals surface area contributed by atoms with Gasteiger partial charge in [0.2, 0.25) is 0 Å². The molecule has 0 aliphatic rings. The molecule has 0 spiro atoms. The van der Waals surface area contributed by atoms with Crippen LogP contribution < -0.4 is 5.32 Å². The predicted octanol–water partition coefficient (Wildman–Crippen LogP) is 4.87. The highest BCUT2D eigenvalue weighted by Crippen LogP contribution is 2.31. The molecule has 0 aliphatic heterocycles. The first-order valence-electron chi connectivity index (χ1n) is 8.02. The molecule has 26 heavy (non-hydrogen) atoms. The zero-order valence-electron chi connectivity index (χ0n) is 13.9. The average Bonchev–Trinajstić information content (AvgIpc) is 3.27. The number of benzene rings is 2. The van der Waals surface area contributed by atoms with Gasteiger partial charge in [-0.3, -0.25) is 5.10 Å². The van der Waals surface area contributed by atoms with E-state index in [9.17, 15) is 4.39 Å². The molecule has 0 aliphatic carbocycles. The molecule has 2 aromatic heterocycles. The lowest BCUT2D eigenvalue weighted by Crippen LogP contribution is -1.95. The fourth-order valence-electron chi connectivity index (χ4n) is 2.82. The highest BCUT2D eigenvalue weighted by molar-refractivity contribution is 5.94. The van der Waals surface area contributed by atoms with Crippen molar-refractivity contribution in [2.75, 3.05) is 5.32 Å². The highest BCUT2D eigenvalue weighted by Gasteiger charge is 2.15. The number of hydrogen-bond donors (Lipinski definition) is 3. The Kier molecular flexibility index (Phi) is 3.85. The van der Waals surface area contributed by atoms with Crippen LogP contribution in [-0.2, 0) is 0 Å². The lowest BCUT2D eigenvalue weighted by molar-refractivity contribution is 0.628. The summed E-state index contributed by atoms with van der Waals surface area (Å²) < 4.78 is 13.6. The van der Waals surface area contributed by atoms with Gasteiger partial charge in [-0.25, -0.2) is 9.37 Å². The Morgan fingerprint density at radius 3 is 2.85 bits per heavy atom. The third kappa shape index (κ3) is 2.77. The van der Waals surface area contributed by atoms with E-state index in [0.29, 0.717) is 17.2 Å². The zero-order chi connectivity index (χ0) is 18.1. The van der Waals surface area contributed by atoms with E-state index in [1.54, 1.807) is 18.3 Å². The molecular formula is C20H16FN5. The maximum atomic E-state index is 13.6. The topological polar surface area (TPSA) is 69.4 Å². The molecule has 2 aromatic carbocycles. The minimum Gasteiger partial charge on any atom is -0.353 e. The van der Waals surface area contributed by atoms with Crippen LogP contribution in [0, 0.1) is 5.82 Å². The number of allylic oxidation sites excluding steroid dienone is 1. The van der Waals surface area contributed by atoms with Crippen molar-refractivity contribution in [2.45, 2.75) is 0 Å². The van der Waals surface area contributed by atoms with E-state index in [2.05, 4.69) is 33.7 Å². The summed E-state index contributed by atoms with van der Waals surface area (Å²) in [5.74, 6) is 0.346.